The number of aliphatic hydroxyl groups excluding tert-OH is 1. The molecule has 4 rings (SSSR count). The van der Waals surface area contributed by atoms with Crippen LogP contribution in [0.25, 0.3) is 0 Å². The first-order valence-electron chi connectivity index (χ1n) is 9.14. The molecular formula is C20H32O. The highest BCUT2D eigenvalue weighted by Crippen LogP contribution is 2.71. The van der Waals surface area contributed by atoms with Gasteiger partial charge in [-0.15, -0.1) is 0 Å². The van der Waals surface area contributed by atoms with Crippen LogP contribution in [0, 0.1) is 34.0 Å². The van der Waals surface area contributed by atoms with Crippen molar-refractivity contribution in [1.29, 1.82) is 0 Å². The van der Waals surface area contributed by atoms with Crippen molar-refractivity contribution in [3.63, 3.8) is 0 Å². The Bertz CT molecular complexity index is 478. The second kappa shape index (κ2) is 4.16. The molecule has 4 aliphatic rings. The summed E-state index contributed by atoms with van der Waals surface area (Å²) in [5.41, 5.74) is 2.56. The molecule has 1 unspecified atom stereocenters. The zero-order valence-electron chi connectivity index (χ0n) is 14.1. The third-order valence-electron chi connectivity index (χ3n) is 8.24. The summed E-state index contributed by atoms with van der Waals surface area (Å²) in [5.74, 6) is 2.10. The summed E-state index contributed by atoms with van der Waals surface area (Å²) in [6.07, 6.45) is 10.2. The van der Waals surface area contributed by atoms with Crippen LogP contribution in [0.1, 0.15) is 72.1 Å². The molecule has 4 saturated carbocycles. The third kappa shape index (κ3) is 1.73. The van der Waals surface area contributed by atoms with Crippen LogP contribution in [-0.4, -0.2) is 11.2 Å². The van der Waals surface area contributed by atoms with Gasteiger partial charge in [0.1, 0.15) is 0 Å². The minimum absolute atomic E-state index is 0.0915. The van der Waals surface area contributed by atoms with E-state index in [9.17, 15) is 5.11 Å². The van der Waals surface area contributed by atoms with Crippen LogP contribution in [0.5, 0.6) is 0 Å². The van der Waals surface area contributed by atoms with Crippen LogP contribution in [0.3, 0.4) is 0 Å². The molecule has 1 nitrogen and oxygen atoms in total. The zero-order chi connectivity index (χ0) is 15.0. The molecule has 1 N–H and O–H groups in total. The molecule has 0 aromatic rings. The Kier molecular flexibility index (Phi) is 2.83. The van der Waals surface area contributed by atoms with Gasteiger partial charge in [-0.05, 0) is 78.9 Å². The molecule has 4 aliphatic carbocycles. The molecule has 6 atom stereocenters. The SMILES string of the molecule is C=C1C[C@]23CC(O)[C@H]4C(C)(C)CCC[C@]4(C)[C@H]2CC[C@@H]1C3. The van der Waals surface area contributed by atoms with Crippen LogP contribution in [0.15, 0.2) is 12.2 Å². The molecule has 1 heteroatoms. The summed E-state index contributed by atoms with van der Waals surface area (Å²) in [6.45, 7) is 11.7. The van der Waals surface area contributed by atoms with Gasteiger partial charge in [0.15, 0.2) is 0 Å². The van der Waals surface area contributed by atoms with Crippen molar-refractivity contribution in [2.75, 3.05) is 0 Å². The van der Waals surface area contributed by atoms with Crippen molar-refractivity contribution >= 4 is 0 Å². The molecule has 21 heavy (non-hydrogen) atoms. The quantitative estimate of drug-likeness (QED) is 0.626. The zero-order valence-corrected chi connectivity index (χ0v) is 14.1. The standard InChI is InChI=1S/C20H32O/c1-13-10-20-11-14(13)6-7-16(20)19(4)9-5-8-18(2,3)17(19)15(21)12-20/h14-17,21H,1,5-12H2,2-4H3/t14-,15?,16-,17+,19-,20+/m1/s1. The number of allylic oxidation sites excluding steroid dienone is 1. The first-order valence-corrected chi connectivity index (χ1v) is 9.14. The maximum atomic E-state index is 11.1. The molecule has 4 fully saturated rings. The van der Waals surface area contributed by atoms with Crippen molar-refractivity contribution in [1.82, 2.24) is 0 Å². The minimum Gasteiger partial charge on any atom is -0.393 e. The maximum absolute atomic E-state index is 11.1. The third-order valence-corrected chi connectivity index (χ3v) is 8.24. The number of hydrogen-bond donors (Lipinski definition) is 1. The Balaban J connectivity index is 1.79. The molecule has 1 spiro atoms. The van der Waals surface area contributed by atoms with E-state index in [0.717, 1.165) is 18.3 Å². The molecule has 0 aliphatic heterocycles. The topological polar surface area (TPSA) is 20.2 Å². The summed E-state index contributed by atoms with van der Waals surface area (Å²) in [5, 5.41) is 11.1. The second-order valence-electron chi connectivity index (χ2n) is 9.83. The molecule has 118 valence electrons. The van der Waals surface area contributed by atoms with E-state index in [1.807, 2.05) is 0 Å². The van der Waals surface area contributed by atoms with Crippen molar-refractivity contribution < 1.29 is 5.11 Å². The lowest BCUT2D eigenvalue weighted by molar-refractivity contribution is -0.197. The summed E-state index contributed by atoms with van der Waals surface area (Å²) < 4.78 is 0. The highest BCUT2D eigenvalue weighted by Gasteiger charge is 2.65. The fourth-order valence-corrected chi connectivity index (χ4v) is 7.89. The van der Waals surface area contributed by atoms with Crippen molar-refractivity contribution in [2.24, 2.45) is 34.0 Å². The highest BCUT2D eigenvalue weighted by molar-refractivity contribution is 5.23. The van der Waals surface area contributed by atoms with Gasteiger partial charge in [-0.3, -0.25) is 0 Å². The molecule has 0 aromatic carbocycles. The predicted octanol–water partition coefficient (Wildman–Crippen LogP) is 4.95. The van der Waals surface area contributed by atoms with E-state index in [0.29, 0.717) is 22.2 Å². The molecule has 0 heterocycles. The predicted molar refractivity (Wildman–Crippen MR) is 86.9 cm³/mol. The van der Waals surface area contributed by atoms with Gasteiger partial charge in [0.25, 0.3) is 0 Å². The van der Waals surface area contributed by atoms with Gasteiger partial charge in [0.2, 0.25) is 0 Å². The monoisotopic (exact) mass is 288 g/mol. The Morgan fingerprint density at radius 2 is 1.86 bits per heavy atom. The molecule has 0 aromatic heterocycles. The summed E-state index contributed by atoms with van der Waals surface area (Å²) >= 11 is 0. The van der Waals surface area contributed by atoms with E-state index in [1.54, 1.807) is 0 Å². The first kappa shape index (κ1) is 14.3. The van der Waals surface area contributed by atoms with Crippen LogP contribution >= 0.6 is 0 Å². The van der Waals surface area contributed by atoms with Crippen LogP contribution < -0.4 is 0 Å². The van der Waals surface area contributed by atoms with Gasteiger partial charge in [0, 0.05) is 0 Å². The molecular weight excluding hydrogens is 256 g/mol. The summed E-state index contributed by atoms with van der Waals surface area (Å²) in [6, 6.07) is 0. The summed E-state index contributed by atoms with van der Waals surface area (Å²) in [4.78, 5) is 0. The smallest absolute Gasteiger partial charge is 0.0584 e. The molecule has 2 bridgehead atoms. The number of fused-ring (bicyclic) bond motifs is 3. The fraction of sp³-hybridized carbons (Fsp3) is 0.900. The Hall–Kier alpha value is -0.300. The van der Waals surface area contributed by atoms with Gasteiger partial charge in [-0.2, -0.15) is 0 Å². The van der Waals surface area contributed by atoms with Crippen molar-refractivity contribution in [2.45, 2.75) is 78.2 Å². The van der Waals surface area contributed by atoms with Crippen LogP contribution in [-0.2, 0) is 0 Å². The second-order valence-corrected chi connectivity index (χ2v) is 9.83. The van der Waals surface area contributed by atoms with E-state index < -0.39 is 0 Å². The van der Waals surface area contributed by atoms with E-state index in [1.165, 1.54) is 50.5 Å². The number of aliphatic hydroxyl groups is 1. The largest absolute Gasteiger partial charge is 0.393 e. The van der Waals surface area contributed by atoms with Crippen molar-refractivity contribution in [3.05, 3.63) is 12.2 Å². The van der Waals surface area contributed by atoms with Crippen LogP contribution in [0.4, 0.5) is 0 Å². The summed E-state index contributed by atoms with van der Waals surface area (Å²) in [7, 11) is 0. The van der Waals surface area contributed by atoms with E-state index in [4.69, 9.17) is 0 Å². The lowest BCUT2D eigenvalue weighted by Crippen LogP contribution is -2.61. The molecule has 0 amide bonds. The fourth-order valence-electron chi connectivity index (χ4n) is 7.89. The van der Waals surface area contributed by atoms with E-state index in [-0.39, 0.29) is 6.10 Å². The van der Waals surface area contributed by atoms with Gasteiger partial charge < -0.3 is 5.11 Å². The molecule has 0 saturated heterocycles. The van der Waals surface area contributed by atoms with E-state index >= 15 is 0 Å². The van der Waals surface area contributed by atoms with E-state index in [2.05, 4.69) is 27.4 Å². The van der Waals surface area contributed by atoms with Gasteiger partial charge in [0.05, 0.1) is 6.10 Å². The number of hydrogen-bond acceptors (Lipinski definition) is 1. The average Bonchev–Trinajstić information content (AvgIpc) is 2.57. The number of rotatable bonds is 0. The minimum atomic E-state index is -0.0915. The van der Waals surface area contributed by atoms with Gasteiger partial charge >= 0.3 is 0 Å². The van der Waals surface area contributed by atoms with Crippen LogP contribution in [0.2, 0.25) is 0 Å². The maximum Gasteiger partial charge on any atom is 0.0584 e. The Labute approximate surface area is 130 Å². The highest BCUT2D eigenvalue weighted by atomic mass is 16.3. The first-order chi connectivity index (χ1) is 9.79. The molecule has 0 radical (unpaired) electrons. The Morgan fingerprint density at radius 3 is 2.62 bits per heavy atom. The normalized spacial score (nSPS) is 55.0. The van der Waals surface area contributed by atoms with Gasteiger partial charge in [-0.1, -0.05) is 39.3 Å². The van der Waals surface area contributed by atoms with Gasteiger partial charge in [-0.25, -0.2) is 0 Å². The Morgan fingerprint density at radius 1 is 1.10 bits per heavy atom. The average molecular weight is 288 g/mol. The lowest BCUT2D eigenvalue weighted by atomic mass is 9.40. The van der Waals surface area contributed by atoms with Crippen molar-refractivity contribution in [3.8, 4) is 0 Å². The lowest BCUT2D eigenvalue weighted by Gasteiger charge is -2.65.